The topological polar surface area (TPSA) is 65.8 Å². The average molecular weight is 462 g/mol. The molecule has 0 unspecified atom stereocenters. The Bertz CT molecular complexity index is 1080. The van der Waals surface area contributed by atoms with Gasteiger partial charge in [-0.15, -0.1) is 0 Å². The summed E-state index contributed by atoms with van der Waals surface area (Å²) in [5.74, 6) is 0.369. The van der Waals surface area contributed by atoms with Crippen molar-refractivity contribution >= 4 is 23.2 Å². The minimum Gasteiger partial charge on any atom is -0.467 e. The Balaban J connectivity index is 1.96. The molecule has 0 bridgehead atoms. The number of furan rings is 1. The molecule has 0 aliphatic carbocycles. The van der Waals surface area contributed by atoms with Crippen molar-refractivity contribution in [1.29, 1.82) is 0 Å². The summed E-state index contributed by atoms with van der Waals surface area (Å²) >= 11 is 0. The van der Waals surface area contributed by atoms with Crippen LogP contribution in [0.5, 0.6) is 0 Å². The van der Waals surface area contributed by atoms with Crippen molar-refractivity contribution in [2.24, 2.45) is 5.92 Å². The average Bonchev–Trinajstić information content (AvgIpc) is 3.33. The molecule has 1 heterocycles. The van der Waals surface area contributed by atoms with E-state index < -0.39 is 0 Å². The van der Waals surface area contributed by atoms with Gasteiger partial charge in [-0.25, -0.2) is 0 Å². The molecule has 2 amide bonds. The van der Waals surface area contributed by atoms with Crippen molar-refractivity contribution in [3.8, 4) is 0 Å². The van der Waals surface area contributed by atoms with E-state index in [4.69, 9.17) is 4.42 Å². The molecule has 0 saturated heterocycles. The highest BCUT2D eigenvalue weighted by molar-refractivity contribution is 5.92. The zero-order valence-electron chi connectivity index (χ0n) is 20.7. The van der Waals surface area contributed by atoms with Gasteiger partial charge in [0.05, 0.1) is 18.7 Å². The van der Waals surface area contributed by atoms with Crippen LogP contribution in [-0.2, 0) is 22.7 Å². The third-order valence-electron chi connectivity index (χ3n) is 5.86. The highest BCUT2D eigenvalue weighted by Gasteiger charge is 2.26. The standard InChI is InChI=1S/C28H35N3O3/c1-6-25(21-11-8-7-9-12-21)28(33)31(19-24-13-10-16-34-24)18-22-17-23(29-27(32)20(2)3)14-15-26(22)30(4)5/h7-17,20,25H,6,18-19H2,1-5H3,(H,29,32)/t25-/m1/s1. The molecule has 1 aromatic heterocycles. The highest BCUT2D eigenvalue weighted by Crippen LogP contribution is 2.29. The molecular weight excluding hydrogens is 426 g/mol. The predicted octanol–water partition coefficient (Wildman–Crippen LogP) is 5.66. The van der Waals surface area contributed by atoms with E-state index in [1.807, 2.05) is 105 Å². The largest absolute Gasteiger partial charge is 0.467 e. The number of hydrogen-bond donors (Lipinski definition) is 1. The van der Waals surface area contributed by atoms with Gasteiger partial charge in [0.1, 0.15) is 5.76 Å². The molecule has 0 radical (unpaired) electrons. The fourth-order valence-corrected chi connectivity index (χ4v) is 3.98. The number of anilines is 2. The van der Waals surface area contributed by atoms with E-state index in [0.29, 0.717) is 19.5 Å². The first-order chi connectivity index (χ1) is 16.3. The normalized spacial score (nSPS) is 11.8. The molecule has 6 heteroatoms. The maximum absolute atomic E-state index is 13.8. The lowest BCUT2D eigenvalue weighted by molar-refractivity contribution is -0.134. The zero-order valence-corrected chi connectivity index (χ0v) is 20.7. The predicted molar refractivity (Wildman–Crippen MR) is 137 cm³/mol. The lowest BCUT2D eigenvalue weighted by atomic mass is 9.94. The van der Waals surface area contributed by atoms with Crippen molar-refractivity contribution in [2.45, 2.75) is 46.2 Å². The van der Waals surface area contributed by atoms with Crippen LogP contribution in [0.4, 0.5) is 11.4 Å². The second kappa shape index (κ2) is 11.5. The summed E-state index contributed by atoms with van der Waals surface area (Å²) in [5.41, 5.74) is 3.67. The van der Waals surface area contributed by atoms with Crippen molar-refractivity contribution in [3.05, 3.63) is 83.8 Å². The molecule has 0 saturated carbocycles. The van der Waals surface area contributed by atoms with Crippen LogP contribution in [0.25, 0.3) is 0 Å². The van der Waals surface area contributed by atoms with Crippen LogP contribution in [0.2, 0.25) is 0 Å². The number of amides is 2. The van der Waals surface area contributed by atoms with E-state index >= 15 is 0 Å². The number of nitrogens with one attached hydrogen (secondary N) is 1. The Morgan fingerprint density at radius 3 is 2.29 bits per heavy atom. The summed E-state index contributed by atoms with van der Waals surface area (Å²) in [5, 5.41) is 2.98. The Morgan fingerprint density at radius 2 is 1.71 bits per heavy atom. The fraction of sp³-hybridized carbons (Fsp3) is 0.357. The molecule has 0 fully saturated rings. The van der Waals surface area contributed by atoms with Gasteiger partial charge in [0.15, 0.2) is 0 Å². The molecule has 3 aromatic rings. The third-order valence-corrected chi connectivity index (χ3v) is 5.86. The van der Waals surface area contributed by atoms with Gasteiger partial charge in [0.25, 0.3) is 0 Å². The number of carbonyl (C=O) groups excluding carboxylic acids is 2. The number of carbonyl (C=O) groups is 2. The first-order valence-electron chi connectivity index (χ1n) is 11.8. The second-order valence-corrected chi connectivity index (χ2v) is 9.03. The van der Waals surface area contributed by atoms with Crippen molar-refractivity contribution < 1.29 is 14.0 Å². The molecule has 6 nitrogen and oxygen atoms in total. The molecule has 180 valence electrons. The van der Waals surface area contributed by atoms with Crippen LogP contribution in [0.1, 0.15) is 50.0 Å². The van der Waals surface area contributed by atoms with Gasteiger partial charge in [-0.1, -0.05) is 51.1 Å². The molecule has 3 rings (SSSR count). The van der Waals surface area contributed by atoms with E-state index in [0.717, 1.165) is 28.3 Å². The summed E-state index contributed by atoms with van der Waals surface area (Å²) in [6, 6.07) is 19.5. The lowest BCUT2D eigenvalue weighted by Crippen LogP contribution is -2.34. The van der Waals surface area contributed by atoms with Crippen LogP contribution in [0.15, 0.2) is 71.3 Å². The van der Waals surface area contributed by atoms with E-state index in [2.05, 4.69) is 5.32 Å². The number of rotatable bonds is 10. The Labute approximate surface area is 202 Å². The van der Waals surface area contributed by atoms with Gasteiger partial charge in [0.2, 0.25) is 11.8 Å². The van der Waals surface area contributed by atoms with Crippen LogP contribution in [0.3, 0.4) is 0 Å². The third kappa shape index (κ3) is 6.28. The SMILES string of the molecule is CC[C@@H](C(=O)N(Cc1ccco1)Cc1cc(NC(=O)C(C)C)ccc1N(C)C)c1ccccc1. The first-order valence-corrected chi connectivity index (χ1v) is 11.8. The van der Waals surface area contributed by atoms with Gasteiger partial charge >= 0.3 is 0 Å². The monoisotopic (exact) mass is 461 g/mol. The second-order valence-electron chi connectivity index (χ2n) is 9.03. The van der Waals surface area contributed by atoms with Gasteiger partial charge in [-0.05, 0) is 47.9 Å². The minimum atomic E-state index is -0.247. The minimum absolute atomic E-state index is 0.0396. The van der Waals surface area contributed by atoms with Crippen molar-refractivity contribution in [3.63, 3.8) is 0 Å². The first kappa shape index (κ1) is 25.1. The van der Waals surface area contributed by atoms with Crippen LogP contribution >= 0.6 is 0 Å². The molecule has 1 N–H and O–H groups in total. The Morgan fingerprint density at radius 1 is 0.971 bits per heavy atom. The summed E-state index contributed by atoms with van der Waals surface area (Å²) < 4.78 is 5.59. The van der Waals surface area contributed by atoms with Crippen LogP contribution < -0.4 is 10.2 Å². The van der Waals surface area contributed by atoms with E-state index in [1.54, 1.807) is 6.26 Å². The van der Waals surface area contributed by atoms with Gasteiger partial charge in [-0.3, -0.25) is 9.59 Å². The summed E-state index contributed by atoms with van der Waals surface area (Å²) in [6.07, 6.45) is 2.32. The van der Waals surface area contributed by atoms with E-state index in [9.17, 15) is 9.59 Å². The molecule has 0 spiro atoms. The maximum atomic E-state index is 13.8. The summed E-state index contributed by atoms with van der Waals surface area (Å²) in [6.45, 7) is 6.52. The lowest BCUT2D eigenvalue weighted by Gasteiger charge is -2.29. The molecule has 2 aromatic carbocycles. The van der Waals surface area contributed by atoms with Crippen LogP contribution in [0, 0.1) is 5.92 Å². The van der Waals surface area contributed by atoms with E-state index in [1.165, 1.54) is 0 Å². The van der Waals surface area contributed by atoms with Gasteiger partial charge < -0.3 is 19.5 Å². The number of hydrogen-bond acceptors (Lipinski definition) is 4. The van der Waals surface area contributed by atoms with Crippen molar-refractivity contribution in [1.82, 2.24) is 4.90 Å². The highest BCUT2D eigenvalue weighted by atomic mass is 16.3. The maximum Gasteiger partial charge on any atom is 0.230 e. The molecular formula is C28H35N3O3. The fourth-order valence-electron chi connectivity index (χ4n) is 3.98. The smallest absolute Gasteiger partial charge is 0.230 e. The zero-order chi connectivity index (χ0) is 24.7. The summed E-state index contributed by atoms with van der Waals surface area (Å²) in [4.78, 5) is 30.0. The summed E-state index contributed by atoms with van der Waals surface area (Å²) in [7, 11) is 3.95. The van der Waals surface area contributed by atoms with Gasteiger partial charge in [-0.2, -0.15) is 0 Å². The molecule has 0 aliphatic rings. The molecule has 0 aliphatic heterocycles. The van der Waals surface area contributed by atoms with Crippen LogP contribution in [-0.4, -0.2) is 30.8 Å². The molecule has 1 atom stereocenters. The Kier molecular flexibility index (Phi) is 8.52. The van der Waals surface area contributed by atoms with E-state index in [-0.39, 0.29) is 23.7 Å². The molecule has 34 heavy (non-hydrogen) atoms. The Hall–Kier alpha value is -3.54. The quantitative estimate of drug-likeness (QED) is 0.423. The number of benzene rings is 2. The van der Waals surface area contributed by atoms with Crippen molar-refractivity contribution in [2.75, 3.05) is 24.3 Å². The number of nitrogens with zero attached hydrogens (tertiary/aromatic N) is 2. The van der Waals surface area contributed by atoms with Gasteiger partial charge in [0, 0.05) is 37.9 Å².